The third kappa shape index (κ3) is 2.06. The molecular weight excluding hydrogens is 230 g/mol. The van der Waals surface area contributed by atoms with Crippen LogP contribution in [-0.2, 0) is 0 Å². The maximum atomic E-state index is 12.3. The van der Waals surface area contributed by atoms with Gasteiger partial charge in [0.1, 0.15) is 5.82 Å². The molecule has 0 bridgehead atoms. The summed E-state index contributed by atoms with van der Waals surface area (Å²) in [6.45, 7) is -2.93. The number of hydrogen-bond donors (Lipinski definition) is 1. The summed E-state index contributed by atoms with van der Waals surface area (Å²) in [5.41, 5.74) is 5.65. The van der Waals surface area contributed by atoms with Crippen LogP contribution in [0.1, 0.15) is 0 Å². The first-order valence-electron chi connectivity index (χ1n) is 4.79. The number of anilines is 1. The summed E-state index contributed by atoms with van der Waals surface area (Å²) in [6, 6.07) is 4.71. The van der Waals surface area contributed by atoms with Gasteiger partial charge in [0.25, 0.3) is 0 Å². The number of ether oxygens (including phenoxy) is 2. The lowest BCUT2D eigenvalue weighted by Gasteiger charge is -2.13. The molecule has 1 aromatic heterocycles. The van der Waals surface area contributed by atoms with E-state index in [2.05, 4.69) is 9.72 Å². The zero-order valence-electron chi connectivity index (χ0n) is 8.98. The Hall–Kier alpha value is -2.11. The monoisotopic (exact) mass is 240 g/mol. The highest BCUT2D eigenvalue weighted by Crippen LogP contribution is 2.37. The smallest absolute Gasteiger partial charge is 0.387 e. The van der Waals surface area contributed by atoms with Crippen molar-refractivity contribution in [3.05, 3.63) is 24.4 Å². The fourth-order valence-corrected chi connectivity index (χ4v) is 1.60. The van der Waals surface area contributed by atoms with Gasteiger partial charge >= 0.3 is 6.61 Å². The Morgan fingerprint density at radius 1 is 1.24 bits per heavy atom. The number of nitrogen functional groups attached to an aromatic ring is 1. The summed E-state index contributed by atoms with van der Waals surface area (Å²) < 4.78 is 34.1. The van der Waals surface area contributed by atoms with Gasteiger partial charge in [0.15, 0.2) is 11.5 Å². The molecule has 1 aromatic carbocycles. The van der Waals surface area contributed by atoms with Crippen molar-refractivity contribution in [1.82, 2.24) is 4.98 Å². The molecule has 0 atom stereocenters. The SMILES string of the molecule is COc1ccc2c(N)nccc2c1OC(F)F. The number of nitrogens with two attached hydrogens (primary N) is 1. The molecule has 0 aliphatic heterocycles. The molecule has 0 radical (unpaired) electrons. The van der Waals surface area contributed by atoms with Crippen molar-refractivity contribution in [2.75, 3.05) is 12.8 Å². The van der Waals surface area contributed by atoms with Crippen LogP contribution in [0.3, 0.4) is 0 Å². The van der Waals surface area contributed by atoms with E-state index in [0.717, 1.165) is 0 Å². The van der Waals surface area contributed by atoms with Crippen molar-refractivity contribution in [3.63, 3.8) is 0 Å². The number of aromatic nitrogens is 1. The summed E-state index contributed by atoms with van der Waals surface area (Å²) in [5, 5.41) is 0.987. The van der Waals surface area contributed by atoms with Crippen LogP contribution < -0.4 is 15.2 Å². The third-order valence-corrected chi connectivity index (χ3v) is 2.32. The Morgan fingerprint density at radius 3 is 2.65 bits per heavy atom. The van der Waals surface area contributed by atoms with E-state index >= 15 is 0 Å². The maximum absolute atomic E-state index is 12.3. The molecule has 0 aliphatic carbocycles. The zero-order chi connectivity index (χ0) is 12.4. The minimum atomic E-state index is -2.93. The molecule has 90 valence electrons. The van der Waals surface area contributed by atoms with E-state index in [-0.39, 0.29) is 17.3 Å². The van der Waals surface area contributed by atoms with Gasteiger partial charge in [-0.05, 0) is 18.2 Å². The summed E-state index contributed by atoms with van der Waals surface area (Å²) in [4.78, 5) is 3.88. The average Bonchev–Trinajstić information content (AvgIpc) is 2.29. The van der Waals surface area contributed by atoms with Crippen molar-refractivity contribution >= 4 is 16.6 Å². The van der Waals surface area contributed by atoms with Crippen LogP contribution in [0.5, 0.6) is 11.5 Å². The van der Waals surface area contributed by atoms with Crippen LogP contribution in [-0.4, -0.2) is 18.7 Å². The number of fused-ring (bicyclic) bond motifs is 1. The Balaban J connectivity index is 2.70. The van der Waals surface area contributed by atoms with Gasteiger partial charge in [-0.15, -0.1) is 0 Å². The molecule has 2 N–H and O–H groups in total. The van der Waals surface area contributed by atoms with Gasteiger partial charge in [0.05, 0.1) is 7.11 Å². The number of alkyl halides is 2. The number of hydrogen-bond acceptors (Lipinski definition) is 4. The summed E-state index contributed by atoms with van der Waals surface area (Å²) in [6.07, 6.45) is 1.43. The minimum Gasteiger partial charge on any atom is -0.493 e. The lowest BCUT2D eigenvalue weighted by Crippen LogP contribution is -2.04. The topological polar surface area (TPSA) is 57.4 Å². The van der Waals surface area contributed by atoms with E-state index in [4.69, 9.17) is 10.5 Å². The fraction of sp³-hybridized carbons (Fsp3) is 0.182. The van der Waals surface area contributed by atoms with E-state index in [1.807, 2.05) is 0 Å². The first-order valence-corrected chi connectivity index (χ1v) is 4.79. The summed E-state index contributed by atoms with van der Waals surface area (Å²) in [7, 11) is 1.38. The predicted molar refractivity (Wildman–Crippen MR) is 59.3 cm³/mol. The number of halogens is 2. The number of benzene rings is 1. The van der Waals surface area contributed by atoms with Gasteiger partial charge < -0.3 is 15.2 Å². The Labute approximate surface area is 96.0 Å². The molecular formula is C11H10F2N2O2. The summed E-state index contributed by atoms with van der Waals surface area (Å²) in [5.74, 6) is 0.446. The lowest BCUT2D eigenvalue weighted by molar-refractivity contribution is -0.0501. The van der Waals surface area contributed by atoms with Crippen molar-refractivity contribution in [2.24, 2.45) is 0 Å². The second kappa shape index (κ2) is 4.40. The molecule has 0 saturated carbocycles. The molecule has 0 fully saturated rings. The van der Waals surface area contributed by atoms with E-state index < -0.39 is 6.61 Å². The Bertz CT molecular complexity index is 546. The number of pyridine rings is 1. The Kier molecular flexibility index (Phi) is 2.95. The highest BCUT2D eigenvalue weighted by molar-refractivity contribution is 5.96. The molecule has 0 unspecified atom stereocenters. The van der Waals surface area contributed by atoms with E-state index in [9.17, 15) is 8.78 Å². The van der Waals surface area contributed by atoms with Crippen LogP contribution in [0.4, 0.5) is 14.6 Å². The molecule has 4 nitrogen and oxygen atoms in total. The molecule has 0 aliphatic rings. The molecule has 17 heavy (non-hydrogen) atoms. The number of rotatable bonds is 3. The van der Waals surface area contributed by atoms with E-state index in [1.165, 1.54) is 19.4 Å². The number of methoxy groups -OCH3 is 1. The molecule has 0 amide bonds. The van der Waals surface area contributed by atoms with Crippen LogP contribution >= 0.6 is 0 Å². The van der Waals surface area contributed by atoms with Crippen LogP contribution in [0.25, 0.3) is 10.8 Å². The van der Waals surface area contributed by atoms with Gasteiger partial charge in [0, 0.05) is 17.0 Å². The standard InChI is InChI=1S/C11H10F2N2O2/c1-16-8-3-2-7-6(4-5-15-10(7)14)9(8)17-11(12)13/h2-5,11H,1H3,(H2,14,15). The van der Waals surface area contributed by atoms with Crippen LogP contribution in [0.2, 0.25) is 0 Å². The van der Waals surface area contributed by atoms with E-state index in [1.54, 1.807) is 12.1 Å². The van der Waals surface area contributed by atoms with Gasteiger partial charge in [-0.1, -0.05) is 0 Å². The molecule has 6 heteroatoms. The zero-order valence-corrected chi connectivity index (χ0v) is 8.98. The van der Waals surface area contributed by atoms with Crippen molar-refractivity contribution in [1.29, 1.82) is 0 Å². The lowest BCUT2D eigenvalue weighted by atomic mass is 10.1. The fourth-order valence-electron chi connectivity index (χ4n) is 1.60. The number of nitrogens with zero attached hydrogens (tertiary/aromatic N) is 1. The molecule has 0 saturated heterocycles. The maximum Gasteiger partial charge on any atom is 0.387 e. The van der Waals surface area contributed by atoms with Gasteiger partial charge in [-0.25, -0.2) is 4.98 Å². The van der Waals surface area contributed by atoms with E-state index in [0.29, 0.717) is 10.8 Å². The van der Waals surface area contributed by atoms with Crippen LogP contribution in [0, 0.1) is 0 Å². The highest BCUT2D eigenvalue weighted by atomic mass is 19.3. The van der Waals surface area contributed by atoms with Crippen molar-refractivity contribution in [2.45, 2.75) is 6.61 Å². The normalized spacial score (nSPS) is 10.8. The molecule has 2 aromatic rings. The minimum absolute atomic E-state index is 0.0332. The highest BCUT2D eigenvalue weighted by Gasteiger charge is 2.15. The molecule has 0 spiro atoms. The molecule has 2 rings (SSSR count). The molecule has 1 heterocycles. The van der Waals surface area contributed by atoms with Crippen molar-refractivity contribution < 1.29 is 18.3 Å². The van der Waals surface area contributed by atoms with Gasteiger partial charge in [-0.2, -0.15) is 8.78 Å². The van der Waals surface area contributed by atoms with Gasteiger partial charge in [-0.3, -0.25) is 0 Å². The summed E-state index contributed by atoms with van der Waals surface area (Å²) >= 11 is 0. The van der Waals surface area contributed by atoms with Gasteiger partial charge in [0.2, 0.25) is 0 Å². The first kappa shape index (κ1) is 11.4. The quantitative estimate of drug-likeness (QED) is 0.895. The third-order valence-electron chi connectivity index (χ3n) is 2.32. The first-order chi connectivity index (χ1) is 8.13. The largest absolute Gasteiger partial charge is 0.493 e. The predicted octanol–water partition coefficient (Wildman–Crippen LogP) is 2.43. The van der Waals surface area contributed by atoms with Crippen LogP contribution in [0.15, 0.2) is 24.4 Å². The average molecular weight is 240 g/mol. The Morgan fingerprint density at radius 2 is 2.00 bits per heavy atom. The second-order valence-corrected chi connectivity index (χ2v) is 3.27. The second-order valence-electron chi connectivity index (χ2n) is 3.27. The van der Waals surface area contributed by atoms with Crippen molar-refractivity contribution in [3.8, 4) is 11.5 Å².